The van der Waals surface area contributed by atoms with Crippen LogP contribution >= 0.6 is 11.3 Å². The van der Waals surface area contributed by atoms with E-state index < -0.39 is 12.8 Å². The van der Waals surface area contributed by atoms with Crippen molar-refractivity contribution >= 4 is 28.3 Å². The van der Waals surface area contributed by atoms with Crippen molar-refractivity contribution < 1.29 is 22.7 Å². The summed E-state index contributed by atoms with van der Waals surface area (Å²) in [5.74, 6) is 0.765. The summed E-state index contributed by atoms with van der Waals surface area (Å²) in [4.78, 5) is 18.0. The number of halogens is 3. The molecule has 154 valence electrons. The number of alkyl halides is 3. The molecule has 1 fully saturated rings. The van der Waals surface area contributed by atoms with Crippen molar-refractivity contribution in [1.29, 1.82) is 0 Å². The van der Waals surface area contributed by atoms with Crippen molar-refractivity contribution in [2.24, 2.45) is 13.0 Å². The van der Waals surface area contributed by atoms with E-state index in [1.54, 1.807) is 6.07 Å². The van der Waals surface area contributed by atoms with Crippen LogP contribution < -0.4 is 10.1 Å². The number of hydrogen-bond acceptors (Lipinski definition) is 4. The minimum Gasteiger partial charge on any atom is -0.475 e. The second-order valence-electron chi connectivity index (χ2n) is 7.26. The van der Waals surface area contributed by atoms with Crippen LogP contribution in [-0.2, 0) is 11.8 Å². The molecule has 1 aliphatic rings. The average Bonchev–Trinajstić information content (AvgIpc) is 3.18. The smallest absolute Gasteiger partial charge is 0.422 e. The molecular formula is C20H20F3N3O2S. The molecule has 4 rings (SSSR count). The number of imidazole rings is 1. The van der Waals surface area contributed by atoms with Crippen LogP contribution in [0.3, 0.4) is 0 Å². The molecule has 0 radical (unpaired) electrons. The van der Waals surface area contributed by atoms with Crippen LogP contribution in [0.5, 0.6) is 5.06 Å². The van der Waals surface area contributed by atoms with Gasteiger partial charge in [0.2, 0.25) is 5.91 Å². The molecule has 2 aromatic heterocycles. The molecular weight excluding hydrogens is 403 g/mol. The van der Waals surface area contributed by atoms with Crippen molar-refractivity contribution in [2.75, 3.05) is 6.61 Å². The zero-order valence-corrected chi connectivity index (χ0v) is 16.7. The van der Waals surface area contributed by atoms with Crippen molar-refractivity contribution in [1.82, 2.24) is 14.9 Å². The van der Waals surface area contributed by atoms with Crippen LogP contribution in [-0.4, -0.2) is 28.2 Å². The number of thiophene rings is 1. The molecule has 0 unspecified atom stereocenters. The Morgan fingerprint density at radius 2 is 2.10 bits per heavy atom. The lowest BCUT2D eigenvalue weighted by Crippen LogP contribution is -2.28. The van der Waals surface area contributed by atoms with E-state index in [0.29, 0.717) is 0 Å². The molecule has 29 heavy (non-hydrogen) atoms. The first-order valence-electron chi connectivity index (χ1n) is 9.24. The maximum atomic E-state index is 12.6. The lowest BCUT2D eigenvalue weighted by Gasteiger charge is -2.12. The third-order valence-corrected chi connectivity index (χ3v) is 6.23. The van der Waals surface area contributed by atoms with Crippen LogP contribution in [0, 0.1) is 5.92 Å². The fourth-order valence-corrected chi connectivity index (χ4v) is 4.31. The van der Waals surface area contributed by atoms with E-state index in [4.69, 9.17) is 4.74 Å². The third kappa shape index (κ3) is 4.24. The first kappa shape index (κ1) is 19.8. The largest absolute Gasteiger partial charge is 0.475 e. The van der Waals surface area contributed by atoms with E-state index >= 15 is 0 Å². The fraction of sp³-hybridized carbons (Fsp3) is 0.400. The highest BCUT2D eigenvalue weighted by molar-refractivity contribution is 7.13. The van der Waals surface area contributed by atoms with E-state index in [0.717, 1.165) is 39.5 Å². The Morgan fingerprint density at radius 3 is 2.83 bits per heavy atom. The predicted octanol–water partition coefficient (Wildman–Crippen LogP) is 4.56. The van der Waals surface area contributed by atoms with E-state index in [9.17, 15) is 18.0 Å². The van der Waals surface area contributed by atoms with Crippen molar-refractivity contribution in [2.45, 2.75) is 31.5 Å². The number of benzene rings is 1. The molecule has 1 N–H and O–H groups in total. The third-order valence-electron chi connectivity index (χ3n) is 5.05. The normalized spacial score (nSPS) is 19.9. The Morgan fingerprint density at radius 1 is 1.34 bits per heavy atom. The lowest BCUT2D eigenvalue weighted by molar-refractivity contribution is -0.152. The van der Waals surface area contributed by atoms with Gasteiger partial charge in [-0.25, -0.2) is 4.98 Å². The molecule has 0 spiro atoms. The van der Waals surface area contributed by atoms with Crippen LogP contribution in [0.25, 0.3) is 11.0 Å². The molecule has 0 aliphatic heterocycles. The maximum absolute atomic E-state index is 12.6. The zero-order valence-electron chi connectivity index (χ0n) is 15.9. The monoisotopic (exact) mass is 423 g/mol. The van der Waals surface area contributed by atoms with Gasteiger partial charge in [-0.15, -0.1) is 11.3 Å². The number of hydrogen-bond donors (Lipinski definition) is 1. The van der Waals surface area contributed by atoms with Crippen molar-refractivity contribution in [3.8, 4) is 5.06 Å². The molecule has 3 aromatic rings. The highest BCUT2D eigenvalue weighted by atomic mass is 32.1. The highest BCUT2D eigenvalue weighted by Gasteiger charge is 2.47. The number of carbonyl (C=O) groups excluding carboxylic acids is 1. The van der Waals surface area contributed by atoms with Gasteiger partial charge in [0.05, 0.1) is 17.1 Å². The second kappa shape index (κ2) is 7.37. The summed E-state index contributed by atoms with van der Waals surface area (Å²) in [5, 5.41) is 3.14. The molecule has 1 amide bonds. The summed E-state index contributed by atoms with van der Waals surface area (Å²) < 4.78 is 43.6. The summed E-state index contributed by atoms with van der Waals surface area (Å²) in [7, 11) is 1.95. The number of nitrogens with one attached hydrogen (secondary N) is 1. The van der Waals surface area contributed by atoms with E-state index in [2.05, 4.69) is 10.3 Å². The van der Waals surface area contributed by atoms with Gasteiger partial charge < -0.3 is 14.6 Å². The number of amides is 1. The summed E-state index contributed by atoms with van der Waals surface area (Å²) in [6.07, 6.45) is -3.64. The molecule has 1 aromatic carbocycles. The number of carbonyl (C=O) groups is 1. The van der Waals surface area contributed by atoms with E-state index in [-0.39, 0.29) is 28.8 Å². The van der Waals surface area contributed by atoms with E-state index in [1.165, 1.54) is 6.07 Å². The SMILES string of the molecule is C[C@@H](NC(=O)[C@H]1C[C@@H]1c1nc2ccccc2n1C)c1ccc(OCC(F)(F)F)s1. The number of ether oxygens (including phenoxy) is 1. The number of aryl methyl sites for hydroxylation is 1. The molecule has 0 saturated heterocycles. The Labute approximate surface area is 169 Å². The summed E-state index contributed by atoms with van der Waals surface area (Å²) in [6.45, 7) is 0.485. The van der Waals surface area contributed by atoms with Gasteiger partial charge in [0, 0.05) is 23.8 Å². The quantitative estimate of drug-likeness (QED) is 0.633. The molecule has 1 saturated carbocycles. The Kier molecular flexibility index (Phi) is 5.02. The van der Waals surface area contributed by atoms with Gasteiger partial charge in [0.25, 0.3) is 0 Å². The van der Waals surface area contributed by atoms with Gasteiger partial charge >= 0.3 is 6.18 Å². The number of rotatable bonds is 6. The number of para-hydroxylation sites is 2. The highest BCUT2D eigenvalue weighted by Crippen LogP contribution is 2.48. The molecule has 3 atom stereocenters. The van der Waals surface area contributed by atoms with E-state index in [1.807, 2.05) is 42.8 Å². The number of aromatic nitrogens is 2. The maximum Gasteiger partial charge on any atom is 0.422 e. The average molecular weight is 423 g/mol. The number of fused-ring (bicyclic) bond motifs is 1. The second-order valence-corrected chi connectivity index (χ2v) is 8.34. The Bertz CT molecular complexity index is 1040. The van der Waals surface area contributed by atoms with Crippen molar-refractivity contribution in [3.63, 3.8) is 0 Å². The summed E-state index contributed by atoms with van der Waals surface area (Å²) >= 11 is 1.10. The van der Waals surface area contributed by atoms with Crippen LogP contribution in [0.1, 0.15) is 36.0 Å². The van der Waals surface area contributed by atoms with Gasteiger partial charge in [0.1, 0.15) is 5.82 Å². The fourth-order valence-electron chi connectivity index (χ4n) is 3.46. The minimum absolute atomic E-state index is 0.0688. The Balaban J connectivity index is 1.36. The number of nitrogens with zero attached hydrogens (tertiary/aromatic N) is 2. The summed E-state index contributed by atoms with van der Waals surface area (Å²) in [5.41, 5.74) is 1.95. The standard InChI is InChI=1S/C20H20F3N3O2S/c1-11(16-7-8-17(29-16)28-10-20(21,22)23)24-19(27)13-9-12(13)18-25-14-5-3-4-6-15(14)26(18)2/h3-8,11-13H,9-10H2,1-2H3,(H,24,27)/t11-,12+,13+/m1/s1. The molecule has 1 aliphatic carbocycles. The molecule has 9 heteroatoms. The van der Waals surface area contributed by atoms with Gasteiger partial charge in [-0.05, 0) is 37.6 Å². The zero-order chi connectivity index (χ0) is 20.8. The minimum atomic E-state index is -4.37. The first-order valence-corrected chi connectivity index (χ1v) is 10.1. The molecule has 5 nitrogen and oxygen atoms in total. The first-order chi connectivity index (χ1) is 13.7. The van der Waals surface area contributed by atoms with Crippen LogP contribution in [0.15, 0.2) is 36.4 Å². The topological polar surface area (TPSA) is 56.2 Å². The van der Waals surface area contributed by atoms with Gasteiger partial charge in [-0.2, -0.15) is 13.2 Å². The van der Waals surface area contributed by atoms with Crippen LogP contribution in [0.2, 0.25) is 0 Å². The van der Waals surface area contributed by atoms with Gasteiger partial charge in [-0.1, -0.05) is 12.1 Å². The lowest BCUT2D eigenvalue weighted by atomic mass is 10.2. The predicted molar refractivity (Wildman–Crippen MR) is 104 cm³/mol. The van der Waals surface area contributed by atoms with Crippen molar-refractivity contribution in [3.05, 3.63) is 47.1 Å². The molecule has 2 heterocycles. The summed E-state index contributed by atoms with van der Waals surface area (Å²) in [6, 6.07) is 10.7. The van der Waals surface area contributed by atoms with Gasteiger partial charge in [-0.3, -0.25) is 4.79 Å². The van der Waals surface area contributed by atoms with Crippen LogP contribution in [0.4, 0.5) is 13.2 Å². The van der Waals surface area contributed by atoms with Gasteiger partial charge in [0.15, 0.2) is 11.7 Å². The Hall–Kier alpha value is -2.55. The molecule has 0 bridgehead atoms.